The molecule has 0 unspecified atom stereocenters. The van der Waals surface area contributed by atoms with E-state index in [4.69, 9.17) is 9.88 Å². The van der Waals surface area contributed by atoms with Crippen LogP contribution in [0.4, 0.5) is 0 Å². The Bertz CT molecular complexity index is 677. The molecule has 0 fully saturated rings. The molecular weight excluding hydrogens is 334 g/mol. The second kappa shape index (κ2) is 5.64. The van der Waals surface area contributed by atoms with Crippen molar-refractivity contribution in [1.82, 2.24) is 9.97 Å². The van der Waals surface area contributed by atoms with Crippen LogP contribution >= 0.6 is 15.9 Å². The number of halogens is 1. The van der Waals surface area contributed by atoms with Crippen LogP contribution in [0.1, 0.15) is 5.82 Å². The summed E-state index contributed by atoms with van der Waals surface area (Å²) in [6, 6.07) is 6.25. The molecule has 2 N–H and O–H groups in total. The van der Waals surface area contributed by atoms with Gasteiger partial charge in [-0.1, -0.05) is 15.9 Å². The van der Waals surface area contributed by atoms with Crippen LogP contribution in [0, 0.1) is 0 Å². The Labute approximate surface area is 118 Å². The molecule has 1 aromatic carbocycles. The summed E-state index contributed by atoms with van der Waals surface area (Å²) in [5.74, 6) is 0.615. The van der Waals surface area contributed by atoms with Crippen molar-refractivity contribution in [1.29, 1.82) is 0 Å². The molecule has 0 amide bonds. The molecule has 19 heavy (non-hydrogen) atoms. The Balaban J connectivity index is 2.26. The molecule has 0 aliphatic rings. The third kappa shape index (κ3) is 3.72. The van der Waals surface area contributed by atoms with Crippen LogP contribution in [0.2, 0.25) is 0 Å². The Morgan fingerprint density at radius 2 is 1.95 bits per heavy atom. The van der Waals surface area contributed by atoms with Crippen LogP contribution in [-0.4, -0.2) is 18.4 Å². The van der Waals surface area contributed by atoms with E-state index < -0.39 is 10.0 Å². The maximum atomic E-state index is 11.5. The van der Waals surface area contributed by atoms with Crippen LogP contribution in [0.15, 0.2) is 46.0 Å². The minimum atomic E-state index is -3.86. The van der Waals surface area contributed by atoms with Crippen LogP contribution in [0.3, 0.4) is 0 Å². The first-order chi connectivity index (χ1) is 8.97. The maximum Gasteiger partial charge on any atom is 0.241 e. The topological polar surface area (TPSA) is 95.2 Å². The smallest absolute Gasteiger partial charge is 0.241 e. The molecule has 8 heteroatoms. The molecule has 0 bridgehead atoms. The van der Waals surface area contributed by atoms with Crippen molar-refractivity contribution in [3.63, 3.8) is 0 Å². The molecule has 0 saturated heterocycles. The predicted molar refractivity (Wildman–Crippen MR) is 71.9 cm³/mol. The first kappa shape index (κ1) is 13.9. The van der Waals surface area contributed by atoms with E-state index >= 15 is 0 Å². The molecule has 1 heterocycles. The van der Waals surface area contributed by atoms with Gasteiger partial charge in [-0.3, -0.25) is 0 Å². The van der Waals surface area contributed by atoms with Crippen molar-refractivity contribution in [3.05, 3.63) is 47.0 Å². The van der Waals surface area contributed by atoms with Crippen molar-refractivity contribution >= 4 is 26.0 Å². The van der Waals surface area contributed by atoms with Gasteiger partial charge in [0.25, 0.3) is 0 Å². The highest BCUT2D eigenvalue weighted by Crippen LogP contribution is 2.26. The van der Waals surface area contributed by atoms with Gasteiger partial charge in [0.1, 0.15) is 17.3 Å². The molecule has 0 aliphatic heterocycles. The van der Waals surface area contributed by atoms with Gasteiger partial charge in [-0.2, -0.15) is 0 Å². The highest BCUT2D eigenvalue weighted by Gasteiger charge is 2.16. The van der Waals surface area contributed by atoms with E-state index in [1.807, 2.05) is 0 Å². The van der Waals surface area contributed by atoms with Gasteiger partial charge in [0.15, 0.2) is 5.82 Å². The quantitative estimate of drug-likeness (QED) is 0.906. The molecule has 0 atom stereocenters. The zero-order valence-corrected chi connectivity index (χ0v) is 12.1. The fraction of sp³-hybridized carbons (Fsp3) is 0.0909. The molecule has 2 aromatic rings. The van der Waals surface area contributed by atoms with Crippen LogP contribution < -0.4 is 9.88 Å². The number of ether oxygens (including phenoxy) is 1. The number of benzene rings is 1. The normalized spacial score (nSPS) is 11.3. The lowest BCUT2D eigenvalue weighted by molar-refractivity contribution is 0.288. The SMILES string of the molecule is NS(=O)(=O)c1cc(Br)ccc1OCc1ncccn1. The zero-order chi connectivity index (χ0) is 13.9. The first-order valence-electron chi connectivity index (χ1n) is 5.18. The summed E-state index contributed by atoms with van der Waals surface area (Å²) in [4.78, 5) is 7.87. The van der Waals surface area contributed by atoms with E-state index in [9.17, 15) is 8.42 Å². The second-order valence-electron chi connectivity index (χ2n) is 3.59. The van der Waals surface area contributed by atoms with Crippen molar-refractivity contribution in [3.8, 4) is 5.75 Å². The third-order valence-corrected chi connectivity index (χ3v) is 3.61. The summed E-state index contributed by atoms with van der Waals surface area (Å²) in [5, 5.41) is 5.14. The summed E-state index contributed by atoms with van der Waals surface area (Å²) >= 11 is 3.18. The van der Waals surface area contributed by atoms with Crippen molar-refractivity contribution < 1.29 is 13.2 Å². The molecule has 0 spiro atoms. The Morgan fingerprint density at radius 1 is 1.26 bits per heavy atom. The molecule has 1 aromatic heterocycles. The first-order valence-corrected chi connectivity index (χ1v) is 7.52. The molecule has 0 saturated carbocycles. The van der Waals surface area contributed by atoms with Crippen LogP contribution in [0.25, 0.3) is 0 Å². The number of primary sulfonamides is 1. The maximum absolute atomic E-state index is 11.5. The monoisotopic (exact) mass is 343 g/mol. The van der Waals surface area contributed by atoms with E-state index in [1.54, 1.807) is 24.5 Å². The summed E-state index contributed by atoms with van der Waals surface area (Å²) in [7, 11) is -3.86. The number of hydrogen-bond donors (Lipinski definition) is 1. The largest absolute Gasteiger partial charge is 0.484 e. The summed E-state index contributed by atoms with van der Waals surface area (Å²) < 4.78 is 28.9. The summed E-state index contributed by atoms with van der Waals surface area (Å²) in [6.45, 7) is 0.0605. The fourth-order valence-corrected chi connectivity index (χ4v) is 2.58. The van der Waals surface area contributed by atoms with Gasteiger partial charge in [0.05, 0.1) is 0 Å². The van der Waals surface area contributed by atoms with E-state index in [0.717, 1.165) is 0 Å². The van der Waals surface area contributed by atoms with Crippen molar-refractivity contribution in [2.75, 3.05) is 0 Å². The lowest BCUT2D eigenvalue weighted by Crippen LogP contribution is -2.14. The lowest BCUT2D eigenvalue weighted by atomic mass is 10.3. The Morgan fingerprint density at radius 3 is 2.58 bits per heavy atom. The molecule has 6 nitrogen and oxygen atoms in total. The number of sulfonamides is 1. The van der Waals surface area contributed by atoms with E-state index in [0.29, 0.717) is 10.3 Å². The molecule has 0 aliphatic carbocycles. The average molecular weight is 344 g/mol. The van der Waals surface area contributed by atoms with Crippen LogP contribution in [-0.2, 0) is 16.6 Å². The van der Waals surface area contributed by atoms with Crippen molar-refractivity contribution in [2.45, 2.75) is 11.5 Å². The number of aromatic nitrogens is 2. The standard InChI is InChI=1S/C11H10BrN3O3S/c12-8-2-3-9(10(6-8)19(13,16)17)18-7-11-14-4-1-5-15-11/h1-6H,7H2,(H2,13,16,17). The number of rotatable bonds is 4. The van der Waals surface area contributed by atoms with Gasteiger partial charge < -0.3 is 4.74 Å². The minimum Gasteiger partial charge on any atom is -0.484 e. The Kier molecular flexibility index (Phi) is 4.13. The van der Waals surface area contributed by atoms with Gasteiger partial charge in [-0.05, 0) is 24.3 Å². The van der Waals surface area contributed by atoms with E-state index in [1.165, 1.54) is 12.1 Å². The van der Waals surface area contributed by atoms with E-state index in [2.05, 4.69) is 25.9 Å². The summed E-state index contributed by atoms with van der Waals surface area (Å²) in [5.41, 5.74) is 0. The van der Waals surface area contributed by atoms with Gasteiger partial charge in [-0.15, -0.1) is 0 Å². The van der Waals surface area contributed by atoms with Crippen molar-refractivity contribution in [2.24, 2.45) is 5.14 Å². The highest BCUT2D eigenvalue weighted by molar-refractivity contribution is 9.10. The molecule has 100 valence electrons. The van der Waals surface area contributed by atoms with Gasteiger partial charge in [-0.25, -0.2) is 23.5 Å². The van der Waals surface area contributed by atoms with Gasteiger partial charge in [0, 0.05) is 16.9 Å². The van der Waals surface area contributed by atoms with Crippen LogP contribution in [0.5, 0.6) is 5.75 Å². The lowest BCUT2D eigenvalue weighted by Gasteiger charge is -2.09. The van der Waals surface area contributed by atoms with Gasteiger partial charge in [0.2, 0.25) is 10.0 Å². The molecule has 0 radical (unpaired) electrons. The number of hydrogen-bond acceptors (Lipinski definition) is 5. The highest BCUT2D eigenvalue weighted by atomic mass is 79.9. The Hall–Kier alpha value is -1.51. The van der Waals surface area contributed by atoms with Gasteiger partial charge >= 0.3 is 0 Å². The fourth-order valence-electron chi connectivity index (χ4n) is 1.37. The second-order valence-corrected chi connectivity index (χ2v) is 6.04. The minimum absolute atomic E-state index is 0.0605. The van der Waals surface area contributed by atoms with E-state index in [-0.39, 0.29) is 17.3 Å². The average Bonchev–Trinajstić information content (AvgIpc) is 2.37. The third-order valence-electron chi connectivity index (χ3n) is 2.19. The zero-order valence-electron chi connectivity index (χ0n) is 9.65. The molecule has 2 rings (SSSR count). The number of nitrogens with zero attached hydrogens (tertiary/aromatic N) is 2. The predicted octanol–water partition coefficient (Wildman–Crippen LogP) is 1.47. The summed E-state index contributed by atoms with van der Waals surface area (Å²) in [6.07, 6.45) is 3.15. The molecular formula is C11H10BrN3O3S. The number of nitrogens with two attached hydrogens (primary N) is 1.